The third-order valence-electron chi connectivity index (χ3n) is 2.50. The molecule has 0 aliphatic heterocycles. The van der Waals surface area contributed by atoms with E-state index in [1.807, 2.05) is 20.1 Å². The van der Waals surface area contributed by atoms with Gasteiger partial charge in [-0.25, -0.2) is 0 Å². The maximum absolute atomic E-state index is 12.4. The van der Waals surface area contributed by atoms with Gasteiger partial charge in [0.05, 0.1) is 5.56 Å². The van der Waals surface area contributed by atoms with Crippen molar-refractivity contribution in [1.82, 2.24) is 0 Å². The Morgan fingerprint density at radius 1 is 1.00 bits per heavy atom. The van der Waals surface area contributed by atoms with Crippen LogP contribution in [0.15, 0.2) is 24.3 Å². The molecular weight excluding hydrogens is 233 g/mol. The first-order valence-electron chi connectivity index (χ1n) is 4.94. The summed E-state index contributed by atoms with van der Waals surface area (Å²) in [4.78, 5) is 0. The van der Waals surface area contributed by atoms with Crippen LogP contribution >= 0.6 is 11.8 Å². The van der Waals surface area contributed by atoms with E-state index in [4.69, 9.17) is 0 Å². The minimum atomic E-state index is -4.25. The molecule has 0 fully saturated rings. The number of halogens is 3. The zero-order valence-electron chi connectivity index (χ0n) is 9.56. The average molecular weight is 248 g/mol. The smallest absolute Gasteiger partial charge is 0.166 e. The fourth-order valence-electron chi connectivity index (χ4n) is 1.55. The molecule has 0 saturated carbocycles. The predicted molar refractivity (Wildman–Crippen MR) is 62.9 cm³/mol. The third-order valence-corrected chi connectivity index (χ3v) is 3.51. The molecule has 0 heterocycles. The first kappa shape index (κ1) is 13.4. The molecule has 1 aromatic rings. The Balaban J connectivity index is 2.95. The number of hydrogen-bond acceptors (Lipinski definition) is 1. The van der Waals surface area contributed by atoms with Crippen LogP contribution in [0.1, 0.15) is 25.0 Å². The highest BCUT2D eigenvalue weighted by Gasteiger charge is 2.30. The van der Waals surface area contributed by atoms with E-state index in [0.717, 1.165) is 23.4 Å². The predicted octanol–water partition coefficient (Wildman–Crippen LogP) is 4.35. The van der Waals surface area contributed by atoms with Gasteiger partial charge in [-0.1, -0.05) is 26.0 Å². The van der Waals surface area contributed by atoms with Gasteiger partial charge in [0.1, 0.15) is 0 Å². The lowest BCUT2D eigenvalue weighted by Crippen LogP contribution is -2.20. The van der Waals surface area contributed by atoms with Gasteiger partial charge in [0.2, 0.25) is 0 Å². The Hall–Kier alpha value is -0.640. The van der Waals surface area contributed by atoms with Crippen molar-refractivity contribution in [3.63, 3.8) is 0 Å². The van der Waals surface area contributed by atoms with Crippen molar-refractivity contribution in [2.24, 2.45) is 0 Å². The third kappa shape index (κ3) is 3.17. The van der Waals surface area contributed by atoms with E-state index in [1.165, 1.54) is 0 Å². The second kappa shape index (κ2) is 4.70. The Morgan fingerprint density at radius 2 is 1.44 bits per heavy atom. The maximum Gasteiger partial charge on any atom is 0.416 e. The Morgan fingerprint density at radius 3 is 1.81 bits per heavy atom. The molecule has 16 heavy (non-hydrogen) atoms. The molecule has 0 atom stereocenters. The number of benzene rings is 1. The fraction of sp³-hybridized carbons (Fsp3) is 0.500. The monoisotopic (exact) mass is 248 g/mol. The first-order chi connectivity index (χ1) is 7.27. The van der Waals surface area contributed by atoms with Crippen LogP contribution < -0.4 is 0 Å². The summed E-state index contributed by atoms with van der Waals surface area (Å²) in [6, 6.07) is 5.44. The zero-order chi connectivity index (χ0) is 12.4. The van der Waals surface area contributed by atoms with Gasteiger partial charge in [0.25, 0.3) is 0 Å². The lowest BCUT2D eigenvalue weighted by atomic mass is 9.86. The van der Waals surface area contributed by atoms with E-state index in [0.29, 0.717) is 0 Å². The van der Waals surface area contributed by atoms with Crippen LogP contribution in [-0.4, -0.2) is 12.0 Å². The summed E-state index contributed by atoms with van der Waals surface area (Å²) in [5.74, 6) is 0.887. The van der Waals surface area contributed by atoms with E-state index in [1.54, 1.807) is 23.9 Å². The largest absolute Gasteiger partial charge is 0.416 e. The van der Waals surface area contributed by atoms with E-state index in [2.05, 4.69) is 0 Å². The average Bonchev–Trinajstić information content (AvgIpc) is 2.16. The summed E-state index contributed by atoms with van der Waals surface area (Å²) in [5, 5.41) is 0. The number of thioether (sulfide) groups is 1. The molecule has 0 spiro atoms. The standard InChI is InChI=1S/C12H15F3S/c1-11(2,8-16-3)9-4-6-10(7-5-9)12(13,14)15/h4-7H,8H2,1-3H3. The second-order valence-electron chi connectivity index (χ2n) is 4.39. The van der Waals surface area contributed by atoms with E-state index in [-0.39, 0.29) is 5.41 Å². The fourth-order valence-corrected chi connectivity index (χ4v) is 2.44. The van der Waals surface area contributed by atoms with E-state index < -0.39 is 11.7 Å². The second-order valence-corrected chi connectivity index (χ2v) is 5.26. The van der Waals surface area contributed by atoms with Gasteiger partial charge >= 0.3 is 6.18 Å². The minimum Gasteiger partial charge on any atom is -0.166 e. The van der Waals surface area contributed by atoms with Crippen molar-refractivity contribution in [2.45, 2.75) is 25.4 Å². The normalized spacial score (nSPS) is 12.9. The van der Waals surface area contributed by atoms with Gasteiger partial charge < -0.3 is 0 Å². The van der Waals surface area contributed by atoms with Gasteiger partial charge in [-0.3, -0.25) is 0 Å². The molecule has 90 valence electrons. The first-order valence-corrected chi connectivity index (χ1v) is 6.33. The Kier molecular flexibility index (Phi) is 3.94. The molecule has 1 aromatic carbocycles. The van der Waals surface area contributed by atoms with Gasteiger partial charge in [-0.15, -0.1) is 0 Å². The van der Waals surface area contributed by atoms with Crippen LogP contribution in [0.5, 0.6) is 0 Å². The summed E-state index contributed by atoms with van der Waals surface area (Å²) in [5.41, 5.74) is 0.259. The molecule has 4 heteroatoms. The molecule has 0 N–H and O–H groups in total. The summed E-state index contributed by atoms with van der Waals surface area (Å²) >= 11 is 1.69. The van der Waals surface area contributed by atoms with Crippen molar-refractivity contribution in [2.75, 3.05) is 12.0 Å². The molecular formula is C12H15F3S. The molecule has 0 unspecified atom stereocenters. The summed E-state index contributed by atoms with van der Waals surface area (Å²) in [6.07, 6.45) is -2.26. The van der Waals surface area contributed by atoms with Crippen LogP contribution in [0, 0.1) is 0 Å². The Labute approximate surface area is 98.2 Å². The highest BCUT2D eigenvalue weighted by Crippen LogP contribution is 2.32. The molecule has 0 aromatic heterocycles. The number of hydrogen-bond donors (Lipinski definition) is 0. The van der Waals surface area contributed by atoms with Crippen LogP contribution in [0.4, 0.5) is 13.2 Å². The summed E-state index contributed by atoms with van der Waals surface area (Å²) in [7, 11) is 0. The lowest BCUT2D eigenvalue weighted by molar-refractivity contribution is -0.137. The van der Waals surface area contributed by atoms with Crippen LogP contribution in [0.2, 0.25) is 0 Å². The topological polar surface area (TPSA) is 0 Å². The molecule has 0 nitrogen and oxygen atoms in total. The highest BCUT2D eigenvalue weighted by atomic mass is 32.2. The van der Waals surface area contributed by atoms with Crippen molar-refractivity contribution < 1.29 is 13.2 Å². The minimum absolute atomic E-state index is 0.0937. The molecule has 1 rings (SSSR count). The van der Waals surface area contributed by atoms with Gasteiger partial charge in [0.15, 0.2) is 0 Å². The molecule has 0 amide bonds. The summed E-state index contributed by atoms with van der Waals surface area (Å²) < 4.78 is 37.1. The summed E-state index contributed by atoms with van der Waals surface area (Å²) in [6.45, 7) is 4.07. The van der Waals surface area contributed by atoms with E-state index >= 15 is 0 Å². The highest BCUT2D eigenvalue weighted by molar-refractivity contribution is 7.98. The molecule has 0 aliphatic rings. The van der Waals surface area contributed by atoms with Crippen molar-refractivity contribution in [3.05, 3.63) is 35.4 Å². The van der Waals surface area contributed by atoms with Crippen molar-refractivity contribution in [3.8, 4) is 0 Å². The van der Waals surface area contributed by atoms with Gasteiger partial charge in [-0.2, -0.15) is 24.9 Å². The van der Waals surface area contributed by atoms with E-state index in [9.17, 15) is 13.2 Å². The maximum atomic E-state index is 12.4. The lowest BCUT2D eigenvalue weighted by Gasteiger charge is -2.24. The van der Waals surface area contributed by atoms with Gasteiger partial charge in [-0.05, 0) is 29.4 Å². The van der Waals surface area contributed by atoms with Crippen molar-refractivity contribution >= 4 is 11.8 Å². The zero-order valence-corrected chi connectivity index (χ0v) is 10.4. The number of alkyl halides is 3. The molecule has 0 bridgehead atoms. The molecule has 0 aliphatic carbocycles. The van der Waals surface area contributed by atoms with Crippen LogP contribution in [-0.2, 0) is 11.6 Å². The van der Waals surface area contributed by atoms with Crippen LogP contribution in [0.3, 0.4) is 0 Å². The molecule has 0 radical (unpaired) electrons. The Bertz CT molecular complexity index is 338. The quantitative estimate of drug-likeness (QED) is 0.766. The number of rotatable bonds is 3. The van der Waals surface area contributed by atoms with Crippen LogP contribution in [0.25, 0.3) is 0 Å². The molecule has 0 saturated heterocycles. The SMILES string of the molecule is CSCC(C)(C)c1ccc(C(F)(F)F)cc1. The van der Waals surface area contributed by atoms with Gasteiger partial charge in [0, 0.05) is 5.75 Å². The van der Waals surface area contributed by atoms with Crippen molar-refractivity contribution in [1.29, 1.82) is 0 Å².